The summed E-state index contributed by atoms with van der Waals surface area (Å²) in [4.78, 5) is 17.9. The van der Waals surface area contributed by atoms with Gasteiger partial charge in [-0.1, -0.05) is 20.8 Å². The van der Waals surface area contributed by atoms with Gasteiger partial charge in [-0.3, -0.25) is 0 Å². The Bertz CT molecular complexity index is 1280. The average Bonchev–Trinajstić information content (AvgIpc) is 3.16. The fourth-order valence-electron chi connectivity index (χ4n) is 4.42. The highest BCUT2D eigenvalue weighted by atomic mass is 32.2. The Balaban J connectivity index is 1.51. The predicted octanol–water partition coefficient (Wildman–Crippen LogP) is 4.36. The van der Waals surface area contributed by atoms with E-state index >= 15 is 0 Å². The maximum absolute atomic E-state index is 11.8. The molecule has 33 heavy (non-hydrogen) atoms. The number of ether oxygens (including phenoxy) is 1. The average molecular weight is 472 g/mol. The number of aromatic nitrogens is 2. The number of carbonyl (C=O) groups is 1. The van der Waals surface area contributed by atoms with E-state index in [1.807, 2.05) is 49.7 Å². The largest absolute Gasteiger partial charge is 0.474 e. The number of hydrogen-bond donors (Lipinski definition) is 1. The van der Waals surface area contributed by atoms with Gasteiger partial charge in [0.1, 0.15) is 6.10 Å². The van der Waals surface area contributed by atoms with E-state index in [-0.39, 0.29) is 22.5 Å². The summed E-state index contributed by atoms with van der Waals surface area (Å²) in [7, 11) is -3.26. The topological polar surface area (TPSA) is 102 Å². The first-order valence-electron chi connectivity index (χ1n) is 10.9. The number of nitrogens with zero attached hydrogens (tertiary/aromatic N) is 3. The molecule has 0 bridgehead atoms. The smallest absolute Gasteiger partial charge is 0.407 e. The lowest BCUT2D eigenvalue weighted by Crippen LogP contribution is -2.53. The number of piperidine rings is 1. The summed E-state index contributed by atoms with van der Waals surface area (Å²) in [6.07, 6.45) is 5.03. The van der Waals surface area contributed by atoms with E-state index in [1.54, 1.807) is 24.4 Å². The standard InChI is InChI=1S/C24H29N3O5S/c1-24(2,3)21-14-18(10-12-27(21)23(28)29)32-22-8-5-17(15-25-22)26-11-9-16-13-19(33(4,30)31)6-7-20(16)26/h5-9,11,13,15,18,21H,10,12,14H2,1-4H3,(H,28,29). The molecule has 1 N–H and O–H groups in total. The molecule has 0 aliphatic carbocycles. The van der Waals surface area contributed by atoms with Crippen LogP contribution >= 0.6 is 0 Å². The SMILES string of the molecule is CC(C)(C)C1CC(Oc2ccc(-n3ccc4cc(S(C)(=O)=O)ccc43)cn2)CCN1C(=O)O. The number of fused-ring (bicyclic) bond motifs is 1. The molecule has 0 spiro atoms. The summed E-state index contributed by atoms with van der Waals surface area (Å²) in [5.41, 5.74) is 1.52. The van der Waals surface area contributed by atoms with Crippen molar-refractivity contribution in [1.82, 2.24) is 14.5 Å². The molecule has 4 rings (SSSR count). The number of rotatable bonds is 4. The quantitative estimate of drug-likeness (QED) is 0.606. The lowest BCUT2D eigenvalue weighted by Gasteiger charge is -2.44. The number of benzene rings is 1. The maximum Gasteiger partial charge on any atom is 0.407 e. The molecular formula is C24H29N3O5S. The fraction of sp³-hybridized carbons (Fsp3) is 0.417. The highest BCUT2D eigenvalue weighted by Gasteiger charge is 2.39. The van der Waals surface area contributed by atoms with Crippen molar-refractivity contribution in [1.29, 1.82) is 0 Å². The second kappa shape index (κ2) is 8.37. The number of sulfone groups is 1. The lowest BCUT2D eigenvalue weighted by atomic mass is 9.80. The third kappa shape index (κ3) is 4.83. The first kappa shape index (κ1) is 23.1. The lowest BCUT2D eigenvalue weighted by molar-refractivity contribution is 0.0117. The highest BCUT2D eigenvalue weighted by molar-refractivity contribution is 7.90. The summed E-state index contributed by atoms with van der Waals surface area (Å²) < 4.78 is 31.7. The number of amides is 1. The molecule has 1 aromatic carbocycles. The van der Waals surface area contributed by atoms with Gasteiger partial charge in [-0.05, 0) is 35.7 Å². The molecule has 8 nitrogen and oxygen atoms in total. The van der Waals surface area contributed by atoms with Crippen molar-refractivity contribution < 1.29 is 23.1 Å². The number of hydrogen-bond acceptors (Lipinski definition) is 5. The molecule has 2 atom stereocenters. The molecular weight excluding hydrogens is 442 g/mol. The molecule has 0 saturated carbocycles. The summed E-state index contributed by atoms with van der Waals surface area (Å²) in [5, 5.41) is 10.4. The first-order valence-corrected chi connectivity index (χ1v) is 12.8. The predicted molar refractivity (Wildman–Crippen MR) is 126 cm³/mol. The molecule has 2 unspecified atom stereocenters. The van der Waals surface area contributed by atoms with Crippen LogP contribution < -0.4 is 4.74 Å². The van der Waals surface area contributed by atoms with Crippen molar-refractivity contribution in [3.63, 3.8) is 0 Å². The first-order chi connectivity index (χ1) is 15.4. The van der Waals surface area contributed by atoms with Crippen molar-refractivity contribution in [3.05, 3.63) is 48.8 Å². The molecule has 0 radical (unpaired) electrons. The molecule has 3 heterocycles. The van der Waals surface area contributed by atoms with E-state index < -0.39 is 15.9 Å². The molecule has 176 valence electrons. The van der Waals surface area contributed by atoms with Gasteiger partial charge >= 0.3 is 6.09 Å². The van der Waals surface area contributed by atoms with Crippen LogP contribution in [0.3, 0.4) is 0 Å². The number of carboxylic acid groups (broad SMARTS) is 1. The van der Waals surface area contributed by atoms with Crippen LogP contribution in [0.15, 0.2) is 53.7 Å². The Morgan fingerprint density at radius 3 is 2.55 bits per heavy atom. The van der Waals surface area contributed by atoms with Gasteiger partial charge in [0, 0.05) is 49.3 Å². The zero-order valence-electron chi connectivity index (χ0n) is 19.2. The van der Waals surface area contributed by atoms with Gasteiger partial charge in [0.2, 0.25) is 5.88 Å². The van der Waals surface area contributed by atoms with Gasteiger partial charge in [0.25, 0.3) is 0 Å². The van der Waals surface area contributed by atoms with Crippen LogP contribution in [0, 0.1) is 5.41 Å². The van der Waals surface area contributed by atoms with Crippen LogP contribution in [-0.2, 0) is 9.84 Å². The van der Waals surface area contributed by atoms with Gasteiger partial charge in [-0.2, -0.15) is 0 Å². The van der Waals surface area contributed by atoms with Crippen molar-refractivity contribution in [2.45, 2.75) is 50.7 Å². The van der Waals surface area contributed by atoms with Crippen molar-refractivity contribution in [2.75, 3.05) is 12.8 Å². The van der Waals surface area contributed by atoms with E-state index in [2.05, 4.69) is 4.98 Å². The normalized spacial score (nSPS) is 19.6. The van der Waals surface area contributed by atoms with Gasteiger partial charge in [0.15, 0.2) is 9.84 Å². The molecule has 3 aromatic rings. The van der Waals surface area contributed by atoms with Crippen LogP contribution in [0.1, 0.15) is 33.6 Å². The van der Waals surface area contributed by atoms with Gasteiger partial charge in [-0.15, -0.1) is 0 Å². The minimum atomic E-state index is -3.26. The van der Waals surface area contributed by atoms with Crippen molar-refractivity contribution in [3.8, 4) is 11.6 Å². The molecule has 1 amide bonds. The summed E-state index contributed by atoms with van der Waals surface area (Å²) in [5.74, 6) is 0.496. The third-order valence-corrected chi connectivity index (χ3v) is 7.29. The second-order valence-corrected chi connectivity index (χ2v) is 11.7. The molecule has 1 aliphatic heterocycles. The van der Waals surface area contributed by atoms with E-state index in [1.165, 1.54) is 11.2 Å². The second-order valence-electron chi connectivity index (χ2n) is 9.66. The Morgan fingerprint density at radius 1 is 1.18 bits per heavy atom. The van der Waals surface area contributed by atoms with Crippen LogP contribution in [0.25, 0.3) is 16.6 Å². The zero-order chi connectivity index (χ0) is 24.0. The van der Waals surface area contributed by atoms with E-state index in [9.17, 15) is 18.3 Å². The molecule has 1 saturated heterocycles. The molecule has 9 heteroatoms. The number of likely N-dealkylation sites (tertiary alicyclic amines) is 1. The summed E-state index contributed by atoms with van der Waals surface area (Å²) >= 11 is 0. The molecule has 1 aliphatic rings. The minimum Gasteiger partial charge on any atom is -0.474 e. The van der Waals surface area contributed by atoms with E-state index in [4.69, 9.17) is 4.74 Å². The van der Waals surface area contributed by atoms with Crippen LogP contribution in [0.5, 0.6) is 5.88 Å². The third-order valence-electron chi connectivity index (χ3n) is 6.18. The molecule has 1 fully saturated rings. The minimum absolute atomic E-state index is 0.106. The maximum atomic E-state index is 11.8. The van der Waals surface area contributed by atoms with Gasteiger partial charge in [-0.25, -0.2) is 18.2 Å². The fourth-order valence-corrected chi connectivity index (χ4v) is 5.08. The molecule has 2 aromatic heterocycles. The highest BCUT2D eigenvalue weighted by Crippen LogP contribution is 2.33. The Labute approximate surface area is 193 Å². The van der Waals surface area contributed by atoms with Crippen LogP contribution in [0.4, 0.5) is 4.79 Å². The summed E-state index contributed by atoms with van der Waals surface area (Å²) in [6.45, 7) is 6.57. The zero-order valence-corrected chi connectivity index (χ0v) is 20.0. The van der Waals surface area contributed by atoms with Crippen LogP contribution in [0.2, 0.25) is 0 Å². The van der Waals surface area contributed by atoms with Crippen molar-refractivity contribution in [2.24, 2.45) is 5.41 Å². The number of pyridine rings is 1. The van der Waals surface area contributed by atoms with Gasteiger partial charge in [0.05, 0.1) is 22.3 Å². The van der Waals surface area contributed by atoms with E-state index in [0.717, 1.165) is 16.6 Å². The monoisotopic (exact) mass is 471 g/mol. The Hall–Kier alpha value is -3.07. The van der Waals surface area contributed by atoms with Gasteiger partial charge < -0.3 is 19.3 Å². The Kier molecular flexibility index (Phi) is 5.86. The summed E-state index contributed by atoms with van der Waals surface area (Å²) in [6, 6.07) is 10.5. The van der Waals surface area contributed by atoms with Crippen LogP contribution in [-0.4, -0.2) is 59.0 Å². The van der Waals surface area contributed by atoms with E-state index in [0.29, 0.717) is 25.3 Å². The van der Waals surface area contributed by atoms with Crippen molar-refractivity contribution >= 4 is 26.8 Å². The Morgan fingerprint density at radius 2 is 1.94 bits per heavy atom.